The first-order valence-corrected chi connectivity index (χ1v) is 9.11. The minimum absolute atomic E-state index is 0.0219. The van der Waals surface area contributed by atoms with Crippen molar-refractivity contribution >= 4 is 41.8 Å². The van der Waals surface area contributed by atoms with Gasteiger partial charge in [-0.15, -0.1) is 0 Å². The lowest BCUT2D eigenvalue weighted by atomic mass is 10.0. The van der Waals surface area contributed by atoms with E-state index in [9.17, 15) is 19.5 Å². The first kappa shape index (κ1) is 24.5. The topological polar surface area (TPSA) is 117 Å². The van der Waals surface area contributed by atoms with E-state index in [1.54, 1.807) is 6.92 Å². The highest BCUT2D eigenvalue weighted by Crippen LogP contribution is 2.02. The van der Waals surface area contributed by atoms with E-state index in [1.807, 2.05) is 6.92 Å². The van der Waals surface area contributed by atoms with Gasteiger partial charge in [0.25, 0.3) is 0 Å². The van der Waals surface area contributed by atoms with Gasteiger partial charge in [0.1, 0.15) is 6.04 Å². The number of hydrogen-bond donors (Lipinski definition) is 5. The van der Waals surface area contributed by atoms with Gasteiger partial charge in [0, 0.05) is 12.4 Å². The van der Waals surface area contributed by atoms with Gasteiger partial charge in [-0.1, -0.05) is 6.92 Å². The standard InChI is InChI=1S/C15H28ClN3O5S/c1-4-5-24-8-18-9(2)12(21)6-17-11(7-25)14(22)15(23)13(19-16)10(3)20/h9-11,13,17-20,25H,4-8H2,1-3H3/t9-,10+,11-,13-/m0/s1. The second-order valence-electron chi connectivity index (χ2n) is 5.62. The van der Waals surface area contributed by atoms with E-state index in [1.165, 1.54) is 6.92 Å². The van der Waals surface area contributed by atoms with Crippen molar-refractivity contribution in [3.05, 3.63) is 0 Å². The molecular formula is C15H28ClN3O5S. The molecule has 0 bridgehead atoms. The minimum Gasteiger partial charge on any atom is -0.391 e. The number of halogens is 1. The largest absolute Gasteiger partial charge is 0.391 e. The van der Waals surface area contributed by atoms with Crippen LogP contribution in [0.15, 0.2) is 0 Å². The lowest BCUT2D eigenvalue weighted by Gasteiger charge is -2.20. The maximum Gasteiger partial charge on any atom is 0.220 e. The van der Waals surface area contributed by atoms with E-state index < -0.39 is 35.8 Å². The fourth-order valence-electron chi connectivity index (χ4n) is 1.82. The summed E-state index contributed by atoms with van der Waals surface area (Å²) < 4.78 is 5.24. The molecule has 0 heterocycles. The fourth-order valence-corrected chi connectivity index (χ4v) is 2.39. The second-order valence-corrected chi connectivity index (χ2v) is 6.20. The van der Waals surface area contributed by atoms with Crippen LogP contribution in [0.1, 0.15) is 27.2 Å². The summed E-state index contributed by atoms with van der Waals surface area (Å²) in [6.45, 7) is 5.75. The molecule has 0 spiro atoms. The molecule has 0 rings (SSSR count). The Balaban J connectivity index is 4.50. The van der Waals surface area contributed by atoms with Crippen LogP contribution < -0.4 is 15.5 Å². The molecule has 0 aliphatic rings. The number of aliphatic hydroxyl groups is 1. The van der Waals surface area contributed by atoms with Crippen LogP contribution in [0.3, 0.4) is 0 Å². The normalized spacial score (nSPS) is 16.1. The second kappa shape index (κ2) is 13.6. The van der Waals surface area contributed by atoms with Gasteiger partial charge < -0.3 is 9.84 Å². The maximum atomic E-state index is 12.2. The van der Waals surface area contributed by atoms with Gasteiger partial charge in [-0.3, -0.25) is 25.0 Å². The third-order valence-corrected chi connectivity index (χ3v) is 4.07. The molecule has 146 valence electrons. The SMILES string of the molecule is CCCOCN[C@@H](C)C(=O)CN[C@@H](CS)C(=O)C(=O)[C@@H](NCl)[C@@H](C)O. The molecule has 8 nitrogen and oxygen atoms in total. The van der Waals surface area contributed by atoms with Crippen molar-refractivity contribution in [1.82, 2.24) is 15.5 Å². The van der Waals surface area contributed by atoms with Crippen molar-refractivity contribution in [3.8, 4) is 0 Å². The van der Waals surface area contributed by atoms with E-state index in [0.29, 0.717) is 6.61 Å². The summed E-state index contributed by atoms with van der Waals surface area (Å²) in [7, 11) is 0. The summed E-state index contributed by atoms with van der Waals surface area (Å²) in [5.41, 5.74) is 0. The lowest BCUT2D eigenvalue weighted by Crippen LogP contribution is -2.52. The number of nitrogens with one attached hydrogen (secondary N) is 3. The zero-order valence-electron chi connectivity index (χ0n) is 14.8. The van der Waals surface area contributed by atoms with Gasteiger partial charge in [0.15, 0.2) is 5.78 Å². The van der Waals surface area contributed by atoms with E-state index in [4.69, 9.17) is 16.5 Å². The number of Topliss-reactive ketones (excluding diaryl/α,β-unsaturated/α-hetero) is 3. The van der Waals surface area contributed by atoms with E-state index in [-0.39, 0.29) is 24.8 Å². The molecule has 0 amide bonds. The van der Waals surface area contributed by atoms with Crippen molar-refractivity contribution in [2.24, 2.45) is 0 Å². The zero-order chi connectivity index (χ0) is 19.4. The van der Waals surface area contributed by atoms with Crippen LogP contribution in [0, 0.1) is 0 Å². The summed E-state index contributed by atoms with van der Waals surface area (Å²) in [4.78, 5) is 38.4. The monoisotopic (exact) mass is 397 g/mol. The summed E-state index contributed by atoms with van der Waals surface area (Å²) in [5.74, 6) is -1.83. The van der Waals surface area contributed by atoms with Crippen molar-refractivity contribution < 1.29 is 24.2 Å². The molecule has 0 saturated heterocycles. The van der Waals surface area contributed by atoms with Gasteiger partial charge in [0.2, 0.25) is 11.6 Å². The molecule has 0 radical (unpaired) electrons. The summed E-state index contributed by atoms with van der Waals surface area (Å²) >= 11 is 9.43. The molecule has 4 atom stereocenters. The molecule has 0 unspecified atom stereocenters. The molecule has 0 aromatic heterocycles. The van der Waals surface area contributed by atoms with Gasteiger partial charge in [-0.2, -0.15) is 12.6 Å². The van der Waals surface area contributed by atoms with Gasteiger partial charge >= 0.3 is 0 Å². The molecule has 25 heavy (non-hydrogen) atoms. The average molecular weight is 398 g/mol. The Morgan fingerprint density at radius 3 is 2.32 bits per heavy atom. The predicted octanol–water partition coefficient (Wildman–Crippen LogP) is -0.563. The molecule has 0 aromatic carbocycles. The highest BCUT2D eigenvalue weighted by molar-refractivity contribution is 7.80. The quantitative estimate of drug-likeness (QED) is 0.0820. The molecule has 0 fully saturated rings. The number of rotatable bonds is 15. The molecule has 0 aliphatic carbocycles. The van der Waals surface area contributed by atoms with Crippen molar-refractivity contribution in [2.75, 3.05) is 25.6 Å². The first-order chi connectivity index (χ1) is 11.8. The third kappa shape index (κ3) is 9.09. The number of carbonyl (C=O) groups is 3. The van der Waals surface area contributed by atoms with Crippen LogP contribution in [0.25, 0.3) is 0 Å². The predicted molar refractivity (Wildman–Crippen MR) is 98.8 cm³/mol. The van der Waals surface area contributed by atoms with Crippen molar-refractivity contribution in [1.29, 1.82) is 0 Å². The van der Waals surface area contributed by atoms with Crippen molar-refractivity contribution in [3.63, 3.8) is 0 Å². The highest BCUT2D eigenvalue weighted by Gasteiger charge is 2.33. The number of thiol groups is 1. The summed E-state index contributed by atoms with van der Waals surface area (Å²) in [6, 6.07) is -2.63. The number of ether oxygens (including phenoxy) is 1. The highest BCUT2D eigenvalue weighted by atomic mass is 35.5. The Morgan fingerprint density at radius 1 is 1.20 bits per heavy atom. The fraction of sp³-hybridized carbons (Fsp3) is 0.800. The minimum atomic E-state index is -1.22. The number of hydrogen-bond acceptors (Lipinski definition) is 9. The summed E-state index contributed by atoms with van der Waals surface area (Å²) in [6.07, 6.45) is -0.251. The Morgan fingerprint density at radius 2 is 1.84 bits per heavy atom. The number of carbonyl (C=O) groups excluding carboxylic acids is 3. The Labute approximate surface area is 158 Å². The van der Waals surface area contributed by atoms with Gasteiger partial charge in [-0.25, -0.2) is 4.84 Å². The van der Waals surface area contributed by atoms with Gasteiger partial charge in [-0.05, 0) is 32.0 Å². The van der Waals surface area contributed by atoms with Gasteiger partial charge in [0.05, 0.1) is 31.5 Å². The van der Waals surface area contributed by atoms with Crippen LogP contribution >= 0.6 is 24.4 Å². The molecule has 10 heteroatoms. The maximum absolute atomic E-state index is 12.2. The number of aliphatic hydroxyl groups excluding tert-OH is 1. The molecular weight excluding hydrogens is 370 g/mol. The van der Waals surface area contributed by atoms with Crippen LogP contribution in [-0.4, -0.2) is 72.3 Å². The summed E-state index contributed by atoms with van der Waals surface area (Å²) in [5, 5.41) is 15.1. The average Bonchev–Trinajstić information content (AvgIpc) is 2.58. The Bertz CT molecular complexity index is 439. The smallest absolute Gasteiger partial charge is 0.220 e. The van der Waals surface area contributed by atoms with E-state index in [0.717, 1.165) is 6.42 Å². The molecule has 0 aromatic rings. The molecule has 0 aliphatic heterocycles. The molecule has 4 N–H and O–H groups in total. The Kier molecular flexibility index (Phi) is 13.3. The van der Waals surface area contributed by atoms with Crippen LogP contribution in [-0.2, 0) is 19.1 Å². The zero-order valence-corrected chi connectivity index (χ0v) is 16.4. The first-order valence-electron chi connectivity index (χ1n) is 8.10. The van der Waals surface area contributed by atoms with Crippen molar-refractivity contribution in [2.45, 2.75) is 51.4 Å². The van der Waals surface area contributed by atoms with Crippen LogP contribution in [0.5, 0.6) is 0 Å². The van der Waals surface area contributed by atoms with E-state index in [2.05, 4.69) is 28.1 Å². The molecule has 0 saturated carbocycles. The lowest BCUT2D eigenvalue weighted by molar-refractivity contribution is -0.140. The van der Waals surface area contributed by atoms with Crippen LogP contribution in [0.2, 0.25) is 0 Å². The number of ketones is 3. The third-order valence-electron chi connectivity index (χ3n) is 3.47. The van der Waals surface area contributed by atoms with Crippen LogP contribution in [0.4, 0.5) is 0 Å². The Hall–Kier alpha value is -0.550. The van der Waals surface area contributed by atoms with E-state index >= 15 is 0 Å².